The second kappa shape index (κ2) is 12.5. The summed E-state index contributed by atoms with van der Waals surface area (Å²) in [4.78, 5) is 11.8. The summed E-state index contributed by atoms with van der Waals surface area (Å²) in [6, 6.07) is 20.7. The van der Waals surface area contributed by atoms with Crippen LogP contribution in [0.25, 0.3) is 26.8 Å². The Morgan fingerprint density at radius 1 is 1.07 bits per heavy atom. The number of fused-ring (bicyclic) bond motifs is 1. The molecule has 2 N–H and O–H groups in total. The van der Waals surface area contributed by atoms with Crippen LogP contribution in [0, 0.1) is 18.8 Å². The minimum atomic E-state index is -2.45. The van der Waals surface area contributed by atoms with E-state index in [4.69, 9.17) is 9.47 Å². The molecule has 0 radical (unpaired) electrons. The third kappa shape index (κ3) is 6.86. The van der Waals surface area contributed by atoms with Crippen molar-refractivity contribution in [3.63, 3.8) is 0 Å². The lowest BCUT2D eigenvalue weighted by atomic mass is 9.94. The lowest BCUT2D eigenvalue weighted by molar-refractivity contribution is -0.140. The smallest absolute Gasteiger partial charge is 0.307 e. The van der Waals surface area contributed by atoms with Gasteiger partial charge in [0.2, 0.25) is 0 Å². The van der Waals surface area contributed by atoms with E-state index in [0.717, 1.165) is 22.4 Å². The van der Waals surface area contributed by atoms with Crippen LogP contribution in [-0.4, -0.2) is 33.7 Å². The van der Waals surface area contributed by atoms with Crippen molar-refractivity contribution in [2.45, 2.75) is 39.2 Å². The van der Waals surface area contributed by atoms with Crippen LogP contribution in [-0.2, 0) is 16.1 Å². The van der Waals surface area contributed by atoms with E-state index in [1.165, 1.54) is 39.5 Å². The first-order chi connectivity index (χ1) is 19.8. The quantitative estimate of drug-likeness (QED) is 0.160. The van der Waals surface area contributed by atoms with Gasteiger partial charge in [0, 0.05) is 21.4 Å². The molecule has 0 saturated carbocycles. The maximum Gasteiger partial charge on any atom is 0.307 e. The van der Waals surface area contributed by atoms with E-state index in [0.29, 0.717) is 24.5 Å². The summed E-state index contributed by atoms with van der Waals surface area (Å²) in [6.45, 7) is 4.34. The van der Waals surface area contributed by atoms with Gasteiger partial charge in [0.05, 0.1) is 25.2 Å². The number of carbonyl (C=O) groups is 1. The van der Waals surface area contributed by atoms with E-state index in [2.05, 4.69) is 60.5 Å². The molecule has 0 amide bonds. The minimum absolute atomic E-state index is 0.209. The normalized spacial score (nSPS) is 15.8. The van der Waals surface area contributed by atoms with Gasteiger partial charge >= 0.3 is 5.97 Å². The Bertz CT molecular complexity index is 1650. The first-order valence-corrected chi connectivity index (χ1v) is 16.3. The molecule has 1 aliphatic heterocycles. The number of aryl methyl sites for hydroxylation is 1. The van der Waals surface area contributed by atoms with Crippen molar-refractivity contribution in [1.29, 1.82) is 0 Å². The molecule has 41 heavy (non-hydrogen) atoms. The van der Waals surface area contributed by atoms with Crippen LogP contribution in [0.5, 0.6) is 5.75 Å². The number of thiophene rings is 1. The highest BCUT2D eigenvalue weighted by molar-refractivity contribution is 8.24. The summed E-state index contributed by atoms with van der Waals surface area (Å²) >= 11 is 1.74. The zero-order chi connectivity index (χ0) is 29.0. The summed E-state index contributed by atoms with van der Waals surface area (Å²) in [6.07, 6.45) is 2.89. The van der Waals surface area contributed by atoms with Gasteiger partial charge < -0.3 is 9.47 Å². The monoisotopic (exact) mass is 586 g/mol. The summed E-state index contributed by atoms with van der Waals surface area (Å²) in [7, 11) is -1.06. The number of rotatable bonds is 8. The van der Waals surface area contributed by atoms with Crippen LogP contribution in [0.3, 0.4) is 0 Å². The first-order valence-electron chi connectivity index (χ1n) is 13.5. The number of esters is 1. The minimum Gasteiger partial charge on any atom is -0.489 e. The Balaban J connectivity index is 1.31. The van der Waals surface area contributed by atoms with Crippen LogP contribution in [0.15, 0.2) is 72.1 Å². The number of carbonyl (C=O) groups excluding carboxylic acids is 1. The molecule has 4 aromatic rings. The summed E-state index contributed by atoms with van der Waals surface area (Å²) in [5.41, 5.74) is 7.98. The van der Waals surface area contributed by atoms with Gasteiger partial charge in [-0.25, -0.2) is 0 Å². The molecule has 0 fully saturated rings. The van der Waals surface area contributed by atoms with Crippen LogP contribution in [0.2, 0.25) is 0 Å². The highest BCUT2D eigenvalue weighted by Crippen LogP contribution is 2.45. The van der Waals surface area contributed by atoms with Crippen molar-refractivity contribution in [2.75, 3.05) is 18.6 Å². The largest absolute Gasteiger partial charge is 0.489 e. The van der Waals surface area contributed by atoms with Gasteiger partial charge in [-0.15, -0.1) is 17.3 Å². The maximum atomic E-state index is 11.8. The molecule has 2 heterocycles. The average Bonchev–Trinajstić information content (AvgIpc) is 3.39. The highest BCUT2D eigenvalue weighted by Gasteiger charge is 2.19. The molecule has 0 saturated heterocycles. The summed E-state index contributed by atoms with van der Waals surface area (Å²) in [5, 5.41) is 3.42. The van der Waals surface area contributed by atoms with Crippen molar-refractivity contribution < 1.29 is 23.4 Å². The van der Waals surface area contributed by atoms with E-state index in [1.807, 2.05) is 30.3 Å². The number of hydrogen-bond donors (Lipinski definition) is 2. The number of methoxy groups -OCH3 is 1. The Morgan fingerprint density at radius 3 is 2.56 bits per heavy atom. The molecule has 1 aliphatic rings. The molecular weight excluding hydrogens is 553 g/mol. The molecule has 0 aliphatic carbocycles. The molecule has 5 nitrogen and oxygen atoms in total. The van der Waals surface area contributed by atoms with E-state index in [1.54, 1.807) is 18.3 Å². The second-order valence-electron chi connectivity index (χ2n) is 10.2. The molecule has 5 rings (SSSR count). The van der Waals surface area contributed by atoms with Gasteiger partial charge in [0.25, 0.3) is 0 Å². The average molecular weight is 587 g/mol. The summed E-state index contributed by atoms with van der Waals surface area (Å²) in [5.74, 6) is 7.04. The zero-order valence-electron chi connectivity index (χ0n) is 23.5. The Morgan fingerprint density at radius 2 is 1.88 bits per heavy atom. The number of ether oxygens (including phenoxy) is 2. The van der Waals surface area contributed by atoms with Gasteiger partial charge in [0.15, 0.2) is 0 Å². The van der Waals surface area contributed by atoms with Crippen LogP contribution in [0.1, 0.15) is 47.9 Å². The lowest BCUT2D eigenvalue weighted by Gasteiger charge is -2.35. The molecular formula is C34H34O5S2. The summed E-state index contributed by atoms with van der Waals surface area (Å²) < 4.78 is 32.0. The standard InChI is InChI=1S/C34H34O5S2/c1-4-5-27(20-34(35)38-3)25-7-10-29(11-8-25)39-21-24-6-13-33-31(19-24)32(22-40-33)30-12-9-28(18-23(30)2)26-14-16-41(36,37)17-15-26/h6-14,18-19,22,27,36-37H,15-17,20-21H2,1-3H3/t27-/m0/s1. The molecule has 3 aromatic carbocycles. The van der Waals surface area contributed by atoms with Gasteiger partial charge in [-0.05, 0) is 83.3 Å². The fourth-order valence-corrected chi connectivity index (χ4v) is 7.26. The molecule has 1 atom stereocenters. The van der Waals surface area contributed by atoms with Crippen LogP contribution < -0.4 is 4.74 Å². The molecule has 7 heteroatoms. The topological polar surface area (TPSA) is 76.0 Å². The van der Waals surface area contributed by atoms with E-state index >= 15 is 0 Å². The molecule has 0 unspecified atom stereocenters. The third-order valence-electron chi connectivity index (χ3n) is 7.43. The lowest BCUT2D eigenvalue weighted by Crippen LogP contribution is -2.11. The number of benzene rings is 3. The van der Waals surface area contributed by atoms with E-state index in [-0.39, 0.29) is 18.3 Å². The predicted molar refractivity (Wildman–Crippen MR) is 171 cm³/mol. The Hall–Kier alpha value is -3.54. The van der Waals surface area contributed by atoms with Crippen molar-refractivity contribution in [1.82, 2.24) is 0 Å². The van der Waals surface area contributed by atoms with Gasteiger partial charge in [-0.1, -0.05) is 48.4 Å². The molecule has 0 bridgehead atoms. The van der Waals surface area contributed by atoms with Gasteiger partial charge in [0.1, 0.15) is 12.4 Å². The van der Waals surface area contributed by atoms with Gasteiger partial charge in [-0.2, -0.15) is 10.6 Å². The van der Waals surface area contributed by atoms with Crippen molar-refractivity contribution in [2.24, 2.45) is 0 Å². The third-order valence-corrected chi connectivity index (χ3v) is 9.95. The molecule has 1 aromatic heterocycles. The highest BCUT2D eigenvalue weighted by atomic mass is 32.3. The zero-order valence-corrected chi connectivity index (χ0v) is 25.1. The van der Waals surface area contributed by atoms with E-state index in [9.17, 15) is 13.9 Å². The first kappa shape index (κ1) is 29.0. The Kier molecular flexibility index (Phi) is 8.86. The fourth-order valence-electron chi connectivity index (χ4n) is 5.13. The SMILES string of the molecule is CC#C[C@@H](CC(=O)OC)c1ccc(OCc2ccc3scc(-c4ccc(C5=CCS(O)(O)CC5)cc4C)c3c2)cc1. The van der Waals surface area contributed by atoms with Crippen LogP contribution >= 0.6 is 21.9 Å². The van der Waals surface area contributed by atoms with Gasteiger partial charge in [-0.3, -0.25) is 13.9 Å². The fraction of sp³-hybridized carbons (Fsp3) is 0.265. The Labute approximate surface area is 247 Å². The second-order valence-corrected chi connectivity index (χ2v) is 13.5. The van der Waals surface area contributed by atoms with Crippen molar-refractivity contribution >= 4 is 43.6 Å². The number of hydrogen-bond acceptors (Lipinski definition) is 6. The number of allylic oxidation sites excluding steroid dienone is 1. The van der Waals surface area contributed by atoms with E-state index < -0.39 is 10.6 Å². The van der Waals surface area contributed by atoms with Crippen molar-refractivity contribution in [3.05, 3.63) is 94.4 Å². The van der Waals surface area contributed by atoms with Crippen LogP contribution in [0.4, 0.5) is 0 Å². The molecule has 212 valence electrons. The predicted octanol–water partition coefficient (Wildman–Crippen LogP) is 8.66. The maximum absolute atomic E-state index is 11.8. The van der Waals surface area contributed by atoms with Crippen molar-refractivity contribution in [3.8, 4) is 28.7 Å². The molecule has 0 spiro atoms.